The van der Waals surface area contributed by atoms with Gasteiger partial charge in [0.2, 0.25) is 0 Å². The first-order chi connectivity index (χ1) is 16.4. The fourth-order valence-corrected chi connectivity index (χ4v) is 4.63. The van der Waals surface area contributed by atoms with Gasteiger partial charge in [0.1, 0.15) is 23.5 Å². The third-order valence-electron chi connectivity index (χ3n) is 6.41. The third kappa shape index (κ3) is 5.32. The van der Waals surface area contributed by atoms with E-state index >= 15 is 0 Å². The van der Waals surface area contributed by atoms with Crippen LogP contribution < -0.4 is 4.74 Å². The Balaban J connectivity index is 1.84. The van der Waals surface area contributed by atoms with Crippen molar-refractivity contribution in [3.8, 4) is 17.6 Å². The van der Waals surface area contributed by atoms with Gasteiger partial charge in [-0.2, -0.15) is 18.4 Å². The van der Waals surface area contributed by atoms with Crippen molar-refractivity contribution in [3.63, 3.8) is 0 Å². The van der Waals surface area contributed by atoms with E-state index in [0.29, 0.717) is 17.1 Å². The summed E-state index contributed by atoms with van der Waals surface area (Å²) in [5, 5.41) is 20.2. The lowest BCUT2D eigenvalue weighted by atomic mass is 9.78. The van der Waals surface area contributed by atoms with Gasteiger partial charge in [0.15, 0.2) is 0 Å². The van der Waals surface area contributed by atoms with E-state index in [1.54, 1.807) is 62.4 Å². The molecule has 1 unspecified atom stereocenters. The Bertz CT molecular complexity index is 1150. The van der Waals surface area contributed by atoms with Gasteiger partial charge in [-0.15, -0.1) is 0 Å². The van der Waals surface area contributed by atoms with Crippen LogP contribution in [0.2, 0.25) is 0 Å². The van der Waals surface area contributed by atoms with Crippen LogP contribution in [-0.4, -0.2) is 29.8 Å². The highest BCUT2D eigenvalue weighted by atomic mass is 19.4. The average Bonchev–Trinajstić information content (AvgIpc) is 3.28. The number of nitrogens with zero attached hydrogens (tertiary/aromatic N) is 1. The number of carboxylic acids is 1. The Labute approximate surface area is 200 Å². The van der Waals surface area contributed by atoms with Crippen LogP contribution >= 0.6 is 0 Å². The smallest absolute Gasteiger partial charge is 0.392 e. The van der Waals surface area contributed by atoms with E-state index in [1.807, 2.05) is 6.07 Å². The third-order valence-corrected chi connectivity index (χ3v) is 6.41. The van der Waals surface area contributed by atoms with Crippen LogP contribution in [0.15, 0.2) is 66.7 Å². The van der Waals surface area contributed by atoms with Gasteiger partial charge < -0.3 is 14.6 Å². The summed E-state index contributed by atoms with van der Waals surface area (Å²) in [7, 11) is 0. The van der Waals surface area contributed by atoms with Gasteiger partial charge in [0, 0.05) is 12.0 Å². The number of nitriles is 1. The molecule has 3 atom stereocenters. The van der Waals surface area contributed by atoms with Crippen molar-refractivity contribution in [2.45, 2.75) is 32.4 Å². The predicted molar refractivity (Wildman–Crippen MR) is 119 cm³/mol. The number of carbonyl (C=O) groups is 2. The minimum absolute atomic E-state index is 0.424. The zero-order valence-corrected chi connectivity index (χ0v) is 19.1. The second kappa shape index (κ2) is 9.82. The van der Waals surface area contributed by atoms with Gasteiger partial charge in [-0.25, -0.2) is 4.79 Å². The SMILES string of the molecule is CC1(C)[C@H](C=CC(=O)OCCC(F)(F)F)[C@@]1(C(=O)O)C(C#N)c1cccc(Oc2ccccc2)c1. The Kier molecular flexibility index (Phi) is 7.25. The van der Waals surface area contributed by atoms with E-state index in [4.69, 9.17) is 4.74 Å². The first kappa shape index (κ1) is 25.8. The molecule has 6 nitrogen and oxygen atoms in total. The lowest BCUT2D eigenvalue weighted by Gasteiger charge is -2.22. The highest BCUT2D eigenvalue weighted by Gasteiger charge is 2.78. The first-order valence-electron chi connectivity index (χ1n) is 10.8. The lowest BCUT2D eigenvalue weighted by Crippen LogP contribution is -2.28. The summed E-state index contributed by atoms with van der Waals surface area (Å²) in [6, 6.07) is 17.6. The van der Waals surface area contributed by atoms with Crippen molar-refractivity contribution in [2.75, 3.05) is 6.61 Å². The maximum atomic E-state index is 12.5. The van der Waals surface area contributed by atoms with Gasteiger partial charge >= 0.3 is 18.1 Å². The number of benzene rings is 2. The summed E-state index contributed by atoms with van der Waals surface area (Å²) in [4.78, 5) is 24.4. The van der Waals surface area contributed by atoms with Crippen LogP contribution in [0.4, 0.5) is 13.2 Å². The first-order valence-corrected chi connectivity index (χ1v) is 10.8. The van der Waals surface area contributed by atoms with E-state index in [-0.39, 0.29) is 0 Å². The Morgan fingerprint density at radius 2 is 1.80 bits per heavy atom. The molecule has 0 heterocycles. The molecule has 1 aliphatic carbocycles. The highest BCUT2D eigenvalue weighted by Crippen LogP contribution is 2.75. The maximum Gasteiger partial charge on any atom is 0.392 e. The van der Waals surface area contributed by atoms with Crippen molar-refractivity contribution >= 4 is 11.9 Å². The standard InChI is InChI=1S/C26H24F3NO5/c1-24(2)21(11-12-22(31)34-14-13-25(27,28)29)26(24,23(32)33)20(16-30)17-7-6-10-19(15-17)35-18-8-4-3-5-9-18/h3-12,15,20-21H,13-14H2,1-2H3,(H,32,33)/t20?,21-,26+/m0/s1. The molecule has 1 saturated carbocycles. The lowest BCUT2D eigenvalue weighted by molar-refractivity contribution is -0.155. The Hall–Kier alpha value is -3.80. The van der Waals surface area contributed by atoms with Gasteiger partial charge in [-0.3, -0.25) is 4.79 Å². The van der Waals surface area contributed by atoms with E-state index in [0.717, 1.165) is 6.08 Å². The van der Waals surface area contributed by atoms with Crippen molar-refractivity contribution in [3.05, 3.63) is 72.3 Å². The molecule has 0 amide bonds. The molecular formula is C26H24F3NO5. The number of hydrogen-bond acceptors (Lipinski definition) is 5. The van der Waals surface area contributed by atoms with Crippen LogP contribution in [0.1, 0.15) is 31.7 Å². The van der Waals surface area contributed by atoms with Crippen molar-refractivity contribution in [2.24, 2.45) is 16.7 Å². The predicted octanol–water partition coefficient (Wildman–Crippen LogP) is 5.86. The van der Waals surface area contributed by atoms with Gasteiger partial charge in [0.05, 0.1) is 18.4 Å². The summed E-state index contributed by atoms with van der Waals surface area (Å²) in [6.45, 7) is 2.50. The fraction of sp³-hybridized carbons (Fsp3) is 0.346. The average molecular weight is 487 g/mol. The van der Waals surface area contributed by atoms with E-state index in [9.17, 15) is 33.1 Å². The molecular weight excluding hydrogens is 463 g/mol. The van der Waals surface area contributed by atoms with Crippen LogP contribution in [0, 0.1) is 28.1 Å². The van der Waals surface area contributed by atoms with Crippen LogP contribution in [-0.2, 0) is 14.3 Å². The number of carbonyl (C=O) groups excluding carboxylic acids is 1. The minimum atomic E-state index is -4.46. The number of rotatable bonds is 9. The van der Waals surface area contributed by atoms with Crippen molar-refractivity contribution in [1.29, 1.82) is 5.26 Å². The molecule has 35 heavy (non-hydrogen) atoms. The number of halogens is 3. The number of aliphatic carboxylic acids is 1. The number of carboxylic acid groups (broad SMARTS) is 1. The summed E-state index contributed by atoms with van der Waals surface area (Å²) in [5.74, 6) is -3.07. The van der Waals surface area contributed by atoms with Gasteiger partial charge in [-0.05, 0) is 35.2 Å². The zero-order valence-electron chi connectivity index (χ0n) is 19.1. The topological polar surface area (TPSA) is 96.6 Å². The molecule has 2 aromatic rings. The molecule has 184 valence electrons. The van der Waals surface area contributed by atoms with Crippen molar-refractivity contribution in [1.82, 2.24) is 0 Å². The van der Waals surface area contributed by atoms with E-state index in [1.165, 1.54) is 6.08 Å². The summed E-state index contributed by atoms with van der Waals surface area (Å²) < 4.78 is 47.1. The number of ether oxygens (including phenoxy) is 2. The molecule has 1 aliphatic rings. The number of para-hydroxylation sites is 1. The molecule has 0 aliphatic heterocycles. The largest absolute Gasteiger partial charge is 0.481 e. The molecule has 9 heteroatoms. The summed E-state index contributed by atoms with van der Waals surface area (Å²) >= 11 is 0. The Morgan fingerprint density at radius 1 is 1.14 bits per heavy atom. The van der Waals surface area contributed by atoms with Gasteiger partial charge in [-0.1, -0.05) is 50.3 Å². The number of alkyl halides is 3. The summed E-state index contributed by atoms with van der Waals surface area (Å²) in [5.41, 5.74) is -2.08. The highest BCUT2D eigenvalue weighted by molar-refractivity contribution is 5.86. The quantitative estimate of drug-likeness (QED) is 0.351. The van der Waals surface area contributed by atoms with Crippen LogP contribution in [0.5, 0.6) is 11.5 Å². The number of esters is 1. The number of allylic oxidation sites excluding steroid dienone is 1. The van der Waals surface area contributed by atoms with Gasteiger partial charge in [0.25, 0.3) is 0 Å². The molecule has 2 aromatic carbocycles. The molecule has 0 spiro atoms. The van der Waals surface area contributed by atoms with Crippen LogP contribution in [0.3, 0.4) is 0 Å². The van der Waals surface area contributed by atoms with Crippen LogP contribution in [0.25, 0.3) is 0 Å². The summed E-state index contributed by atoms with van der Waals surface area (Å²) in [6.07, 6.45) is -3.51. The van der Waals surface area contributed by atoms with Crippen molar-refractivity contribution < 1.29 is 37.3 Å². The molecule has 0 bridgehead atoms. The molecule has 3 rings (SSSR count). The molecule has 0 saturated heterocycles. The maximum absolute atomic E-state index is 12.5. The Morgan fingerprint density at radius 3 is 2.40 bits per heavy atom. The van der Waals surface area contributed by atoms with E-state index in [2.05, 4.69) is 10.8 Å². The second-order valence-corrected chi connectivity index (χ2v) is 8.82. The number of hydrogen-bond donors (Lipinski definition) is 1. The molecule has 1 fully saturated rings. The second-order valence-electron chi connectivity index (χ2n) is 8.82. The normalized spacial score (nSPS) is 21.7. The molecule has 0 radical (unpaired) electrons. The molecule has 0 aromatic heterocycles. The zero-order chi connectivity index (χ0) is 25.9. The fourth-order valence-electron chi connectivity index (χ4n) is 4.63. The minimum Gasteiger partial charge on any atom is -0.481 e. The monoisotopic (exact) mass is 487 g/mol. The molecule has 1 N–H and O–H groups in total. The van der Waals surface area contributed by atoms with E-state index < -0.39 is 53.8 Å².